The molecule has 1 saturated heterocycles. The van der Waals surface area contributed by atoms with E-state index in [0.29, 0.717) is 6.42 Å². The third-order valence-corrected chi connectivity index (χ3v) is 3.72. The van der Waals surface area contributed by atoms with E-state index in [1.807, 2.05) is 11.8 Å². The molecule has 0 aliphatic carbocycles. The van der Waals surface area contributed by atoms with Crippen molar-refractivity contribution in [3.63, 3.8) is 0 Å². The number of nitrogens with two attached hydrogens (primary N) is 1. The van der Waals surface area contributed by atoms with Crippen LogP contribution >= 0.6 is 0 Å². The number of nitrogens with zero attached hydrogens (tertiary/aromatic N) is 2. The molecule has 0 spiro atoms. The van der Waals surface area contributed by atoms with Gasteiger partial charge in [-0.2, -0.15) is 0 Å². The average Bonchev–Trinajstić information content (AvgIpc) is 2.46. The smallest absolute Gasteiger partial charge is 0.239 e. The predicted octanol–water partition coefficient (Wildman–Crippen LogP) is 1.38. The summed E-state index contributed by atoms with van der Waals surface area (Å²) in [5.74, 6) is 0.0893. The number of hydrogen-bond donors (Lipinski definition) is 1. The van der Waals surface area contributed by atoms with Crippen molar-refractivity contribution in [2.45, 2.75) is 26.3 Å². The molecule has 1 aromatic carbocycles. The summed E-state index contributed by atoms with van der Waals surface area (Å²) < 4.78 is 0. The maximum absolute atomic E-state index is 12.0. The molecule has 0 bridgehead atoms. The molecule has 2 N–H and O–H groups in total. The van der Waals surface area contributed by atoms with E-state index in [2.05, 4.69) is 36.1 Å². The fraction of sp³-hybridized carbons (Fsp3) is 0.533. The highest BCUT2D eigenvalue weighted by Crippen LogP contribution is 2.18. The van der Waals surface area contributed by atoms with E-state index < -0.39 is 0 Å². The van der Waals surface area contributed by atoms with Crippen molar-refractivity contribution in [2.24, 2.45) is 5.73 Å². The molecule has 1 aliphatic rings. The molecular weight excluding hydrogens is 238 g/mol. The van der Waals surface area contributed by atoms with Crippen molar-refractivity contribution in [3.05, 3.63) is 29.8 Å². The number of aryl methyl sites for hydroxylation is 1. The molecule has 19 heavy (non-hydrogen) atoms. The topological polar surface area (TPSA) is 49.6 Å². The molecule has 0 aromatic heterocycles. The van der Waals surface area contributed by atoms with Crippen LogP contribution in [0.25, 0.3) is 0 Å². The summed E-state index contributed by atoms with van der Waals surface area (Å²) >= 11 is 0. The van der Waals surface area contributed by atoms with Gasteiger partial charge in [0.25, 0.3) is 0 Å². The summed E-state index contributed by atoms with van der Waals surface area (Å²) in [6, 6.07) is 8.15. The Kier molecular flexibility index (Phi) is 4.43. The van der Waals surface area contributed by atoms with Crippen molar-refractivity contribution in [1.82, 2.24) is 4.90 Å². The quantitative estimate of drug-likeness (QED) is 0.894. The monoisotopic (exact) mass is 261 g/mol. The third kappa shape index (κ3) is 3.26. The lowest BCUT2D eigenvalue weighted by molar-refractivity contribution is -0.132. The van der Waals surface area contributed by atoms with Gasteiger partial charge in [0.05, 0.1) is 6.04 Å². The minimum Gasteiger partial charge on any atom is -0.368 e. The first-order valence-electron chi connectivity index (χ1n) is 6.97. The number of rotatable bonds is 3. The Morgan fingerprint density at radius 1 is 1.32 bits per heavy atom. The second kappa shape index (κ2) is 6.06. The van der Waals surface area contributed by atoms with Crippen LogP contribution < -0.4 is 10.6 Å². The largest absolute Gasteiger partial charge is 0.368 e. The van der Waals surface area contributed by atoms with Crippen LogP contribution in [0.3, 0.4) is 0 Å². The van der Waals surface area contributed by atoms with Crippen LogP contribution in [0.5, 0.6) is 0 Å². The summed E-state index contributed by atoms with van der Waals surface area (Å²) in [5, 5.41) is 0. The normalized spacial score (nSPS) is 17.4. The lowest BCUT2D eigenvalue weighted by Gasteiger charge is -2.37. The Balaban J connectivity index is 1.94. The van der Waals surface area contributed by atoms with E-state index in [1.54, 1.807) is 0 Å². The Morgan fingerprint density at radius 2 is 2.00 bits per heavy atom. The minimum atomic E-state index is -0.342. The first-order valence-corrected chi connectivity index (χ1v) is 6.97. The lowest BCUT2D eigenvalue weighted by Crippen LogP contribution is -2.53. The molecule has 1 aliphatic heterocycles. The molecule has 0 unspecified atom stereocenters. The summed E-state index contributed by atoms with van der Waals surface area (Å²) in [4.78, 5) is 16.2. The van der Waals surface area contributed by atoms with E-state index in [4.69, 9.17) is 5.73 Å². The van der Waals surface area contributed by atoms with Gasteiger partial charge >= 0.3 is 0 Å². The van der Waals surface area contributed by atoms with Crippen LogP contribution in [-0.4, -0.2) is 43.0 Å². The maximum Gasteiger partial charge on any atom is 0.239 e. The number of carbonyl (C=O) groups excluding carboxylic acids is 1. The molecule has 1 atom stereocenters. The maximum atomic E-state index is 12.0. The second-order valence-corrected chi connectivity index (χ2v) is 5.17. The highest BCUT2D eigenvalue weighted by molar-refractivity contribution is 5.81. The number of hydrogen-bond acceptors (Lipinski definition) is 3. The van der Waals surface area contributed by atoms with Gasteiger partial charge in [-0.05, 0) is 31.0 Å². The van der Waals surface area contributed by atoms with Crippen LogP contribution in [0.15, 0.2) is 24.3 Å². The fourth-order valence-electron chi connectivity index (χ4n) is 2.42. The van der Waals surface area contributed by atoms with E-state index in [0.717, 1.165) is 26.2 Å². The van der Waals surface area contributed by atoms with Gasteiger partial charge in [-0.25, -0.2) is 0 Å². The number of benzene rings is 1. The summed E-state index contributed by atoms with van der Waals surface area (Å²) in [7, 11) is 0. The van der Waals surface area contributed by atoms with Gasteiger partial charge in [0.2, 0.25) is 5.91 Å². The van der Waals surface area contributed by atoms with Gasteiger partial charge in [0.1, 0.15) is 0 Å². The molecular formula is C15H23N3O. The Labute approximate surface area is 115 Å². The van der Waals surface area contributed by atoms with Gasteiger partial charge in [-0.3, -0.25) is 4.79 Å². The molecule has 4 heteroatoms. The van der Waals surface area contributed by atoms with Crippen molar-refractivity contribution in [1.29, 1.82) is 0 Å². The van der Waals surface area contributed by atoms with Crippen LogP contribution in [0.2, 0.25) is 0 Å². The molecule has 1 fully saturated rings. The number of carbonyl (C=O) groups is 1. The molecule has 2 rings (SSSR count). The molecule has 4 nitrogen and oxygen atoms in total. The van der Waals surface area contributed by atoms with E-state index in [1.165, 1.54) is 11.3 Å². The Hall–Kier alpha value is -1.55. The Bertz CT molecular complexity index is 439. The van der Waals surface area contributed by atoms with E-state index in [9.17, 15) is 4.79 Å². The van der Waals surface area contributed by atoms with Gasteiger partial charge in [0, 0.05) is 31.9 Å². The van der Waals surface area contributed by atoms with Crippen molar-refractivity contribution < 1.29 is 4.79 Å². The standard InChI is InChI=1S/C15H23N3O/c1-3-14(16)15(19)18-9-7-17(8-10-18)13-6-4-5-12(2)11-13/h4-6,11,14H,3,7-10,16H2,1-2H3/t14-/m0/s1. The van der Waals surface area contributed by atoms with Crippen molar-refractivity contribution in [2.75, 3.05) is 31.1 Å². The number of piperazine rings is 1. The zero-order valence-corrected chi connectivity index (χ0v) is 11.8. The van der Waals surface area contributed by atoms with Gasteiger partial charge in [-0.1, -0.05) is 19.1 Å². The zero-order chi connectivity index (χ0) is 13.8. The highest BCUT2D eigenvalue weighted by atomic mass is 16.2. The highest BCUT2D eigenvalue weighted by Gasteiger charge is 2.24. The summed E-state index contributed by atoms with van der Waals surface area (Å²) in [6.07, 6.45) is 0.705. The van der Waals surface area contributed by atoms with Crippen molar-refractivity contribution in [3.8, 4) is 0 Å². The second-order valence-electron chi connectivity index (χ2n) is 5.17. The molecule has 0 radical (unpaired) electrons. The molecule has 1 aromatic rings. The van der Waals surface area contributed by atoms with Gasteiger partial charge in [-0.15, -0.1) is 0 Å². The molecule has 1 amide bonds. The van der Waals surface area contributed by atoms with Crippen LogP contribution in [0.1, 0.15) is 18.9 Å². The van der Waals surface area contributed by atoms with Crippen molar-refractivity contribution >= 4 is 11.6 Å². The molecule has 104 valence electrons. The lowest BCUT2D eigenvalue weighted by atomic mass is 10.1. The first-order chi connectivity index (χ1) is 9.11. The molecule has 0 saturated carbocycles. The average molecular weight is 261 g/mol. The number of anilines is 1. The number of amides is 1. The SMILES string of the molecule is CC[C@H](N)C(=O)N1CCN(c2cccc(C)c2)CC1. The van der Waals surface area contributed by atoms with Gasteiger partial charge in [0.15, 0.2) is 0 Å². The van der Waals surface area contributed by atoms with E-state index >= 15 is 0 Å². The third-order valence-electron chi connectivity index (χ3n) is 3.72. The van der Waals surface area contributed by atoms with Gasteiger partial charge < -0.3 is 15.5 Å². The predicted molar refractivity (Wildman–Crippen MR) is 78.2 cm³/mol. The minimum absolute atomic E-state index is 0.0893. The summed E-state index contributed by atoms with van der Waals surface area (Å²) in [5.41, 5.74) is 8.32. The van der Waals surface area contributed by atoms with Crippen LogP contribution in [0.4, 0.5) is 5.69 Å². The molecule has 1 heterocycles. The van der Waals surface area contributed by atoms with Crippen LogP contribution in [0, 0.1) is 6.92 Å². The zero-order valence-electron chi connectivity index (χ0n) is 11.8. The Morgan fingerprint density at radius 3 is 2.58 bits per heavy atom. The fourth-order valence-corrected chi connectivity index (χ4v) is 2.42. The van der Waals surface area contributed by atoms with E-state index in [-0.39, 0.29) is 11.9 Å². The van der Waals surface area contributed by atoms with Crippen LogP contribution in [-0.2, 0) is 4.79 Å². The summed E-state index contributed by atoms with van der Waals surface area (Å²) in [6.45, 7) is 7.34. The first kappa shape index (κ1) is 13.9.